The van der Waals surface area contributed by atoms with Crippen LogP contribution >= 0.6 is 0 Å². The molecule has 5 heteroatoms. The minimum atomic E-state index is -3.27. The van der Waals surface area contributed by atoms with E-state index in [0.29, 0.717) is 5.92 Å². The fourth-order valence-electron chi connectivity index (χ4n) is 1.12. The summed E-state index contributed by atoms with van der Waals surface area (Å²) in [6.45, 7) is 3.13. The molecule has 0 spiro atoms. The Kier molecular flexibility index (Phi) is 7.13. The summed E-state index contributed by atoms with van der Waals surface area (Å²) in [6, 6.07) is 0. The molecular formula is C9H20O4S. The number of rotatable bonds is 8. The fourth-order valence-corrected chi connectivity index (χ4v) is 1.52. The first-order valence-electron chi connectivity index (χ1n) is 4.79. The zero-order valence-electron chi connectivity index (χ0n) is 9.15. The first-order chi connectivity index (χ1) is 6.45. The largest absolute Gasteiger partial charge is 0.385 e. The Balaban J connectivity index is 3.40. The van der Waals surface area contributed by atoms with Crippen molar-refractivity contribution in [3.05, 3.63) is 0 Å². The molecular weight excluding hydrogens is 204 g/mol. The van der Waals surface area contributed by atoms with E-state index in [1.807, 2.05) is 0 Å². The van der Waals surface area contributed by atoms with Crippen LogP contribution in [0.5, 0.6) is 0 Å². The summed E-state index contributed by atoms with van der Waals surface area (Å²) >= 11 is 0. The van der Waals surface area contributed by atoms with Gasteiger partial charge in [-0.15, -0.1) is 0 Å². The summed E-state index contributed by atoms with van der Waals surface area (Å²) in [4.78, 5) is 0. The smallest absolute Gasteiger partial charge is 0.264 e. The average molecular weight is 224 g/mol. The predicted molar refractivity (Wildman–Crippen MR) is 55.7 cm³/mol. The average Bonchev–Trinajstić information content (AvgIpc) is 2.02. The van der Waals surface area contributed by atoms with E-state index in [0.717, 1.165) is 32.1 Å². The molecule has 0 aliphatic heterocycles. The fraction of sp³-hybridized carbons (Fsp3) is 1.00. The molecule has 0 fully saturated rings. The number of hydrogen-bond acceptors (Lipinski definition) is 4. The highest BCUT2D eigenvalue weighted by molar-refractivity contribution is 7.85. The second-order valence-corrected chi connectivity index (χ2v) is 5.20. The third-order valence-electron chi connectivity index (χ3n) is 1.95. The van der Waals surface area contributed by atoms with Crippen molar-refractivity contribution in [2.24, 2.45) is 5.92 Å². The molecule has 0 radical (unpaired) electrons. The molecule has 0 aliphatic carbocycles. The first-order valence-corrected chi connectivity index (χ1v) is 6.60. The SMILES string of the molecule is COCCCC(C)CCOS(C)(=O)=O. The maximum atomic E-state index is 10.6. The third kappa shape index (κ3) is 9.95. The Morgan fingerprint density at radius 1 is 1.21 bits per heavy atom. The van der Waals surface area contributed by atoms with Gasteiger partial charge in [-0.3, -0.25) is 4.18 Å². The van der Waals surface area contributed by atoms with Gasteiger partial charge in [-0.25, -0.2) is 0 Å². The molecule has 0 amide bonds. The number of hydrogen-bond donors (Lipinski definition) is 0. The van der Waals surface area contributed by atoms with Gasteiger partial charge in [0.25, 0.3) is 10.1 Å². The number of ether oxygens (including phenoxy) is 1. The van der Waals surface area contributed by atoms with Crippen LogP contribution in [0, 0.1) is 5.92 Å². The third-order valence-corrected chi connectivity index (χ3v) is 2.55. The van der Waals surface area contributed by atoms with E-state index < -0.39 is 10.1 Å². The lowest BCUT2D eigenvalue weighted by atomic mass is 10.0. The van der Waals surface area contributed by atoms with Gasteiger partial charge < -0.3 is 4.74 Å². The van der Waals surface area contributed by atoms with Crippen LogP contribution in [0.15, 0.2) is 0 Å². The van der Waals surface area contributed by atoms with Crippen molar-refractivity contribution in [1.82, 2.24) is 0 Å². The second-order valence-electron chi connectivity index (χ2n) is 3.55. The van der Waals surface area contributed by atoms with Crippen LogP contribution in [0.3, 0.4) is 0 Å². The van der Waals surface area contributed by atoms with Crippen molar-refractivity contribution in [3.63, 3.8) is 0 Å². The van der Waals surface area contributed by atoms with Crippen molar-refractivity contribution in [3.8, 4) is 0 Å². The van der Waals surface area contributed by atoms with E-state index in [1.54, 1.807) is 7.11 Å². The molecule has 0 bridgehead atoms. The maximum Gasteiger partial charge on any atom is 0.264 e. The van der Waals surface area contributed by atoms with E-state index in [9.17, 15) is 8.42 Å². The Hall–Kier alpha value is -0.130. The predicted octanol–water partition coefficient (Wildman–Crippen LogP) is 1.42. The molecule has 1 atom stereocenters. The summed E-state index contributed by atoms with van der Waals surface area (Å²) in [6.07, 6.45) is 3.90. The summed E-state index contributed by atoms with van der Waals surface area (Å²) in [5.74, 6) is 0.479. The van der Waals surface area contributed by atoms with Gasteiger partial charge in [-0.2, -0.15) is 8.42 Å². The first kappa shape index (κ1) is 13.9. The Morgan fingerprint density at radius 3 is 2.36 bits per heavy atom. The summed E-state index contributed by atoms with van der Waals surface area (Å²) in [5, 5.41) is 0. The van der Waals surface area contributed by atoms with Crippen LogP contribution in [0.2, 0.25) is 0 Å². The molecule has 0 aromatic heterocycles. The van der Waals surface area contributed by atoms with E-state index in [1.165, 1.54) is 0 Å². The molecule has 0 aromatic carbocycles. The molecule has 0 aliphatic rings. The highest BCUT2D eigenvalue weighted by Crippen LogP contribution is 2.10. The standard InChI is InChI=1S/C9H20O4S/c1-9(5-4-7-12-2)6-8-13-14(3,10)11/h9H,4-8H2,1-3H3. The monoisotopic (exact) mass is 224 g/mol. The minimum absolute atomic E-state index is 0.285. The molecule has 4 nitrogen and oxygen atoms in total. The maximum absolute atomic E-state index is 10.6. The molecule has 14 heavy (non-hydrogen) atoms. The van der Waals surface area contributed by atoms with E-state index in [-0.39, 0.29) is 6.61 Å². The molecule has 0 saturated carbocycles. The second kappa shape index (κ2) is 7.20. The van der Waals surface area contributed by atoms with Crippen molar-refractivity contribution in [1.29, 1.82) is 0 Å². The number of methoxy groups -OCH3 is 1. The minimum Gasteiger partial charge on any atom is -0.385 e. The van der Waals surface area contributed by atoms with Crippen molar-refractivity contribution in [2.45, 2.75) is 26.2 Å². The quantitative estimate of drug-likeness (QED) is 0.462. The lowest BCUT2D eigenvalue weighted by Gasteiger charge is -2.09. The van der Waals surface area contributed by atoms with E-state index in [4.69, 9.17) is 4.74 Å². The van der Waals surface area contributed by atoms with Gasteiger partial charge in [0.1, 0.15) is 0 Å². The highest BCUT2D eigenvalue weighted by Gasteiger charge is 2.05. The molecule has 0 N–H and O–H groups in total. The lowest BCUT2D eigenvalue weighted by Crippen LogP contribution is -2.08. The van der Waals surface area contributed by atoms with Crippen LogP contribution in [0.25, 0.3) is 0 Å². The van der Waals surface area contributed by atoms with Crippen LogP contribution < -0.4 is 0 Å². The van der Waals surface area contributed by atoms with Gasteiger partial charge in [-0.1, -0.05) is 6.92 Å². The van der Waals surface area contributed by atoms with Gasteiger partial charge >= 0.3 is 0 Å². The van der Waals surface area contributed by atoms with Gasteiger partial charge in [0.2, 0.25) is 0 Å². The van der Waals surface area contributed by atoms with Crippen LogP contribution in [-0.4, -0.2) is 35.0 Å². The van der Waals surface area contributed by atoms with Gasteiger partial charge in [0, 0.05) is 13.7 Å². The van der Waals surface area contributed by atoms with Crippen molar-refractivity contribution in [2.75, 3.05) is 26.6 Å². The molecule has 0 aromatic rings. The van der Waals surface area contributed by atoms with Gasteiger partial charge in [-0.05, 0) is 25.2 Å². The van der Waals surface area contributed by atoms with Crippen molar-refractivity contribution >= 4 is 10.1 Å². The molecule has 0 saturated heterocycles. The summed E-state index contributed by atoms with van der Waals surface area (Å²) in [7, 11) is -1.59. The van der Waals surface area contributed by atoms with E-state index in [2.05, 4.69) is 11.1 Å². The molecule has 0 heterocycles. The summed E-state index contributed by atoms with van der Waals surface area (Å²) < 4.78 is 30.8. The van der Waals surface area contributed by atoms with Crippen LogP contribution in [0.1, 0.15) is 26.2 Å². The molecule has 86 valence electrons. The highest BCUT2D eigenvalue weighted by atomic mass is 32.2. The van der Waals surface area contributed by atoms with Gasteiger partial charge in [0.15, 0.2) is 0 Å². The zero-order valence-corrected chi connectivity index (χ0v) is 9.97. The lowest BCUT2D eigenvalue weighted by molar-refractivity contribution is 0.184. The molecule has 0 rings (SSSR count). The topological polar surface area (TPSA) is 52.6 Å². The normalized spacial score (nSPS) is 14.2. The summed E-state index contributed by atoms with van der Waals surface area (Å²) in [5.41, 5.74) is 0. The van der Waals surface area contributed by atoms with Crippen LogP contribution in [0.4, 0.5) is 0 Å². The Morgan fingerprint density at radius 2 is 1.86 bits per heavy atom. The van der Waals surface area contributed by atoms with Crippen LogP contribution in [-0.2, 0) is 19.0 Å². The Labute approximate surface area is 86.7 Å². The van der Waals surface area contributed by atoms with Crippen molar-refractivity contribution < 1.29 is 17.3 Å². The van der Waals surface area contributed by atoms with E-state index >= 15 is 0 Å². The zero-order chi connectivity index (χ0) is 11.0. The molecule has 1 unspecified atom stereocenters. The van der Waals surface area contributed by atoms with Gasteiger partial charge in [0.05, 0.1) is 12.9 Å². The Bertz CT molecular complexity index is 223.